The van der Waals surface area contributed by atoms with Crippen molar-refractivity contribution in [3.63, 3.8) is 0 Å². The summed E-state index contributed by atoms with van der Waals surface area (Å²) >= 11 is 1.66. The van der Waals surface area contributed by atoms with Crippen LogP contribution >= 0.6 is 11.3 Å². The van der Waals surface area contributed by atoms with Crippen LogP contribution in [-0.2, 0) is 0 Å². The first-order chi connectivity index (χ1) is 9.33. The van der Waals surface area contributed by atoms with E-state index in [0.717, 1.165) is 23.1 Å². The van der Waals surface area contributed by atoms with Crippen molar-refractivity contribution in [2.75, 3.05) is 13.2 Å². The minimum Gasteiger partial charge on any atom is -0.486 e. The molecule has 0 aliphatic carbocycles. The molecule has 2 heterocycles. The zero-order valence-electron chi connectivity index (χ0n) is 10.7. The lowest BCUT2D eigenvalue weighted by Crippen LogP contribution is -2.39. The number of hydrogen-bond acceptors (Lipinski definition) is 5. The van der Waals surface area contributed by atoms with Gasteiger partial charge in [0.25, 0.3) is 0 Å². The van der Waals surface area contributed by atoms with Crippen LogP contribution in [0.25, 0.3) is 0 Å². The lowest BCUT2D eigenvalue weighted by atomic mass is 10.2. The lowest BCUT2D eigenvalue weighted by molar-refractivity contribution is 0.0886. The van der Waals surface area contributed by atoms with Gasteiger partial charge in [0.15, 0.2) is 11.5 Å². The van der Waals surface area contributed by atoms with Gasteiger partial charge in [-0.25, -0.2) is 4.98 Å². The van der Waals surface area contributed by atoms with E-state index in [1.165, 1.54) is 0 Å². The number of benzene rings is 1. The number of aromatic nitrogens is 1. The summed E-state index contributed by atoms with van der Waals surface area (Å²) in [5, 5.41) is 6.51. The smallest absolute Gasteiger partial charge is 0.161 e. The molecule has 0 amide bonds. The second-order valence-electron chi connectivity index (χ2n) is 4.50. The van der Waals surface area contributed by atoms with Crippen LogP contribution in [0.4, 0.5) is 0 Å². The van der Waals surface area contributed by atoms with Gasteiger partial charge in [0, 0.05) is 18.1 Å². The molecule has 0 saturated carbocycles. The molecular weight excluding hydrogens is 260 g/mol. The van der Waals surface area contributed by atoms with E-state index in [0.29, 0.717) is 6.61 Å². The van der Waals surface area contributed by atoms with E-state index in [1.807, 2.05) is 35.8 Å². The minimum absolute atomic E-state index is 0.0392. The number of ether oxygens (including phenoxy) is 2. The monoisotopic (exact) mass is 276 g/mol. The van der Waals surface area contributed by atoms with Crippen molar-refractivity contribution in [3.8, 4) is 11.5 Å². The van der Waals surface area contributed by atoms with Crippen molar-refractivity contribution < 1.29 is 9.47 Å². The number of para-hydroxylation sites is 2. The second-order valence-corrected chi connectivity index (χ2v) is 5.42. The van der Waals surface area contributed by atoms with Crippen molar-refractivity contribution in [3.05, 3.63) is 40.8 Å². The van der Waals surface area contributed by atoms with Gasteiger partial charge >= 0.3 is 0 Å². The van der Waals surface area contributed by atoms with Crippen LogP contribution in [0.2, 0.25) is 0 Å². The zero-order chi connectivity index (χ0) is 13.1. The zero-order valence-corrected chi connectivity index (χ0v) is 11.5. The maximum atomic E-state index is 5.90. The van der Waals surface area contributed by atoms with Crippen LogP contribution in [0.5, 0.6) is 11.5 Å². The van der Waals surface area contributed by atoms with E-state index in [9.17, 15) is 0 Å². The normalized spacial score (nSPS) is 19.1. The first-order valence-electron chi connectivity index (χ1n) is 6.34. The molecule has 100 valence electrons. The average molecular weight is 276 g/mol. The fourth-order valence-electron chi connectivity index (χ4n) is 2.01. The maximum absolute atomic E-state index is 5.90. The van der Waals surface area contributed by atoms with Gasteiger partial charge in [-0.05, 0) is 19.1 Å². The third-order valence-electron chi connectivity index (χ3n) is 3.04. The quantitative estimate of drug-likeness (QED) is 0.932. The Kier molecular flexibility index (Phi) is 3.66. The molecule has 1 aromatic heterocycles. The molecule has 0 saturated heterocycles. The Morgan fingerprint density at radius 1 is 1.42 bits per heavy atom. The molecule has 2 aromatic rings. The molecule has 5 heteroatoms. The average Bonchev–Trinajstić information content (AvgIpc) is 2.99. The Morgan fingerprint density at radius 3 is 3.05 bits per heavy atom. The van der Waals surface area contributed by atoms with Gasteiger partial charge in [-0.2, -0.15) is 0 Å². The minimum atomic E-state index is 0.0392. The molecule has 0 unspecified atom stereocenters. The van der Waals surface area contributed by atoms with Gasteiger partial charge < -0.3 is 14.8 Å². The first kappa shape index (κ1) is 12.4. The molecule has 19 heavy (non-hydrogen) atoms. The number of nitrogens with zero attached hydrogens (tertiary/aromatic N) is 1. The van der Waals surface area contributed by atoms with Crippen molar-refractivity contribution in [1.29, 1.82) is 0 Å². The standard InChI is InChI=1S/C14H16N2O2S/c1-10(14-15-6-7-19-14)16-8-11-9-17-12-4-2-3-5-13(12)18-11/h2-7,10-11,16H,8-9H2,1H3/t10-,11-/m0/s1. The summed E-state index contributed by atoms with van der Waals surface area (Å²) in [4.78, 5) is 4.30. The predicted molar refractivity (Wildman–Crippen MR) is 74.9 cm³/mol. The van der Waals surface area contributed by atoms with Gasteiger partial charge in [-0.3, -0.25) is 0 Å². The largest absolute Gasteiger partial charge is 0.486 e. The molecule has 0 spiro atoms. The fourth-order valence-corrected chi connectivity index (χ4v) is 2.68. The molecule has 1 aromatic carbocycles. The molecule has 0 fully saturated rings. The van der Waals surface area contributed by atoms with Crippen LogP contribution in [0.3, 0.4) is 0 Å². The number of hydrogen-bond donors (Lipinski definition) is 1. The summed E-state index contributed by atoms with van der Waals surface area (Å²) in [6, 6.07) is 8.01. The topological polar surface area (TPSA) is 43.4 Å². The predicted octanol–water partition coefficient (Wildman–Crippen LogP) is 2.63. The number of rotatable bonds is 4. The SMILES string of the molecule is C[C@H](NC[C@H]1COc2ccccc2O1)c1nccs1. The second kappa shape index (κ2) is 5.59. The van der Waals surface area contributed by atoms with Crippen molar-refractivity contribution in [2.24, 2.45) is 0 Å². The summed E-state index contributed by atoms with van der Waals surface area (Å²) in [7, 11) is 0. The Labute approximate surface area is 116 Å². The van der Waals surface area contributed by atoms with Crippen molar-refractivity contribution in [1.82, 2.24) is 10.3 Å². The molecule has 2 atom stereocenters. The fraction of sp³-hybridized carbons (Fsp3) is 0.357. The van der Waals surface area contributed by atoms with Crippen LogP contribution in [0.1, 0.15) is 18.0 Å². The Bertz CT molecular complexity index is 530. The third-order valence-corrected chi connectivity index (χ3v) is 4.00. The summed E-state index contributed by atoms with van der Waals surface area (Å²) in [5.74, 6) is 1.65. The number of fused-ring (bicyclic) bond motifs is 1. The Balaban J connectivity index is 1.55. The van der Waals surface area contributed by atoms with Gasteiger partial charge in [-0.1, -0.05) is 12.1 Å². The van der Waals surface area contributed by atoms with Gasteiger partial charge in [0.2, 0.25) is 0 Å². The summed E-state index contributed by atoms with van der Waals surface area (Å²) in [6.07, 6.45) is 1.87. The Morgan fingerprint density at radius 2 is 2.26 bits per heavy atom. The van der Waals surface area contributed by atoms with Crippen LogP contribution in [0.15, 0.2) is 35.8 Å². The summed E-state index contributed by atoms with van der Waals surface area (Å²) in [5.41, 5.74) is 0. The first-order valence-corrected chi connectivity index (χ1v) is 7.22. The molecule has 3 rings (SSSR count). The number of thiazole rings is 1. The van der Waals surface area contributed by atoms with E-state index >= 15 is 0 Å². The number of nitrogens with one attached hydrogen (secondary N) is 1. The molecule has 0 bridgehead atoms. The Hall–Kier alpha value is -1.59. The van der Waals surface area contributed by atoms with Gasteiger partial charge in [0.1, 0.15) is 17.7 Å². The van der Waals surface area contributed by atoms with Crippen LogP contribution in [0, 0.1) is 0 Å². The third kappa shape index (κ3) is 2.88. The summed E-state index contributed by atoms with van der Waals surface area (Å²) < 4.78 is 11.6. The van der Waals surface area contributed by atoms with E-state index in [-0.39, 0.29) is 12.1 Å². The highest BCUT2D eigenvalue weighted by molar-refractivity contribution is 7.09. The van der Waals surface area contributed by atoms with E-state index in [2.05, 4.69) is 17.2 Å². The highest BCUT2D eigenvalue weighted by Crippen LogP contribution is 2.30. The lowest BCUT2D eigenvalue weighted by Gasteiger charge is -2.27. The molecule has 4 nitrogen and oxygen atoms in total. The molecular formula is C14H16N2O2S. The van der Waals surface area contributed by atoms with Gasteiger partial charge in [0.05, 0.1) is 6.04 Å². The summed E-state index contributed by atoms with van der Waals surface area (Å²) in [6.45, 7) is 3.43. The highest BCUT2D eigenvalue weighted by Gasteiger charge is 2.21. The van der Waals surface area contributed by atoms with E-state index in [4.69, 9.17) is 9.47 Å². The molecule has 0 radical (unpaired) electrons. The van der Waals surface area contributed by atoms with E-state index < -0.39 is 0 Å². The van der Waals surface area contributed by atoms with Crippen molar-refractivity contribution >= 4 is 11.3 Å². The molecule has 1 N–H and O–H groups in total. The van der Waals surface area contributed by atoms with E-state index in [1.54, 1.807) is 11.3 Å². The molecule has 1 aliphatic heterocycles. The van der Waals surface area contributed by atoms with Crippen LogP contribution < -0.4 is 14.8 Å². The highest BCUT2D eigenvalue weighted by atomic mass is 32.1. The van der Waals surface area contributed by atoms with Gasteiger partial charge in [-0.15, -0.1) is 11.3 Å². The van der Waals surface area contributed by atoms with Crippen molar-refractivity contribution in [2.45, 2.75) is 19.1 Å². The maximum Gasteiger partial charge on any atom is 0.161 e. The molecule has 1 aliphatic rings. The van der Waals surface area contributed by atoms with Crippen LogP contribution in [-0.4, -0.2) is 24.2 Å².